The number of carbonyl (C=O) groups is 1. The number of fused-ring (bicyclic) bond motifs is 4. The van der Waals surface area contributed by atoms with E-state index >= 15 is 0 Å². The highest BCUT2D eigenvalue weighted by atomic mass is 16.5. The number of nitrogens with zero attached hydrogens (tertiary/aromatic N) is 1. The minimum atomic E-state index is -0.0184. The molecule has 2 heterocycles. The Hall–Kier alpha value is -2.72. The van der Waals surface area contributed by atoms with Gasteiger partial charge in [-0.05, 0) is 58.8 Å². The lowest BCUT2D eigenvalue weighted by Gasteiger charge is -2.45. The quantitative estimate of drug-likeness (QED) is 0.764. The number of aliphatic hydroxyl groups is 1. The number of hydrogen-bond donors (Lipinski definition) is 1. The third kappa shape index (κ3) is 2.85. The summed E-state index contributed by atoms with van der Waals surface area (Å²) >= 11 is 0. The van der Waals surface area contributed by atoms with E-state index in [1.54, 1.807) is 0 Å². The summed E-state index contributed by atoms with van der Waals surface area (Å²) in [4.78, 5) is 16.8. The third-order valence-corrected chi connectivity index (χ3v) is 8.10. The van der Waals surface area contributed by atoms with Gasteiger partial charge >= 0.3 is 0 Å². The normalized spacial score (nSPS) is 34.1. The topological polar surface area (TPSA) is 59.4 Å². The second-order valence-electron chi connectivity index (χ2n) is 9.82. The number of hydrogen-bond acceptors (Lipinski definition) is 4. The average Bonchev–Trinajstić information content (AvgIpc) is 3.15. The highest BCUT2D eigenvalue weighted by Gasteiger charge is 2.53. The van der Waals surface area contributed by atoms with Crippen molar-refractivity contribution in [3.8, 4) is 0 Å². The molecule has 5 atom stereocenters. The number of ether oxygens (including phenoxy) is 1. The van der Waals surface area contributed by atoms with E-state index in [-0.39, 0.29) is 29.8 Å². The Kier molecular flexibility index (Phi) is 4.23. The summed E-state index contributed by atoms with van der Waals surface area (Å²) in [6.07, 6.45) is 13.7. The van der Waals surface area contributed by atoms with Crippen LogP contribution >= 0.6 is 0 Å². The van der Waals surface area contributed by atoms with Crippen molar-refractivity contribution in [1.29, 1.82) is 0 Å². The molecule has 0 spiro atoms. The maximum atomic E-state index is 12.6. The van der Waals surface area contributed by atoms with E-state index in [1.165, 1.54) is 16.3 Å². The smallest absolute Gasteiger partial charge is 0.166 e. The van der Waals surface area contributed by atoms with Crippen molar-refractivity contribution in [2.75, 3.05) is 6.61 Å². The third-order valence-electron chi connectivity index (χ3n) is 8.10. The van der Waals surface area contributed by atoms with E-state index in [4.69, 9.17) is 4.74 Å². The Bertz CT molecular complexity index is 1180. The van der Waals surface area contributed by atoms with Gasteiger partial charge in [-0.1, -0.05) is 37.3 Å². The fourth-order valence-corrected chi connectivity index (χ4v) is 6.37. The van der Waals surface area contributed by atoms with Crippen LogP contribution in [-0.2, 0) is 9.53 Å². The lowest BCUT2D eigenvalue weighted by molar-refractivity contribution is -0.118. The van der Waals surface area contributed by atoms with Gasteiger partial charge in [-0.15, -0.1) is 0 Å². The molecule has 0 amide bonds. The number of allylic oxidation sites excluding steroid dienone is 4. The summed E-state index contributed by atoms with van der Waals surface area (Å²) in [5, 5.41) is 12.0. The van der Waals surface area contributed by atoms with Gasteiger partial charge in [-0.2, -0.15) is 0 Å². The molecule has 4 heteroatoms. The molecule has 1 saturated carbocycles. The Morgan fingerprint density at radius 1 is 1.19 bits per heavy atom. The molecule has 1 fully saturated rings. The van der Waals surface area contributed by atoms with E-state index in [0.717, 1.165) is 29.7 Å². The molecule has 2 aromatic rings. The minimum Gasteiger partial charge on any atom is -0.489 e. The fraction of sp³-hybridized carbons (Fsp3) is 0.407. The van der Waals surface area contributed by atoms with Crippen LogP contribution in [0.2, 0.25) is 0 Å². The van der Waals surface area contributed by atoms with Crippen molar-refractivity contribution in [3.63, 3.8) is 0 Å². The van der Waals surface area contributed by atoms with Crippen LogP contribution in [0.5, 0.6) is 0 Å². The highest BCUT2D eigenvalue weighted by Crippen LogP contribution is 2.59. The van der Waals surface area contributed by atoms with E-state index in [9.17, 15) is 9.90 Å². The molecule has 3 aliphatic carbocycles. The minimum absolute atomic E-state index is 0.00588. The number of aromatic nitrogens is 1. The maximum absolute atomic E-state index is 12.6. The van der Waals surface area contributed by atoms with Crippen molar-refractivity contribution in [2.24, 2.45) is 17.3 Å². The molecule has 1 unspecified atom stereocenters. The van der Waals surface area contributed by atoms with E-state index in [2.05, 4.69) is 54.4 Å². The lowest BCUT2D eigenvalue weighted by Crippen LogP contribution is -2.41. The molecular formula is C27H27NO3. The zero-order valence-corrected chi connectivity index (χ0v) is 17.8. The van der Waals surface area contributed by atoms with Gasteiger partial charge in [0, 0.05) is 43.1 Å². The van der Waals surface area contributed by atoms with E-state index in [1.807, 2.05) is 12.4 Å². The van der Waals surface area contributed by atoms with Gasteiger partial charge in [0.25, 0.3) is 0 Å². The first kappa shape index (κ1) is 19.0. The molecule has 0 bridgehead atoms. The Balaban J connectivity index is 1.35. The zero-order valence-electron chi connectivity index (χ0n) is 17.8. The lowest BCUT2D eigenvalue weighted by atomic mass is 9.64. The van der Waals surface area contributed by atoms with Crippen molar-refractivity contribution in [1.82, 2.24) is 4.98 Å². The van der Waals surface area contributed by atoms with Crippen LogP contribution in [0, 0.1) is 17.3 Å². The molecule has 158 valence electrons. The molecule has 1 aliphatic heterocycles. The summed E-state index contributed by atoms with van der Waals surface area (Å²) in [7, 11) is 0. The zero-order chi connectivity index (χ0) is 21.2. The first-order chi connectivity index (χ1) is 15.1. The fourth-order valence-electron chi connectivity index (χ4n) is 6.37. The first-order valence-electron chi connectivity index (χ1n) is 11.3. The van der Waals surface area contributed by atoms with Crippen LogP contribution in [0.15, 0.2) is 71.8 Å². The number of ketones is 1. The van der Waals surface area contributed by atoms with Gasteiger partial charge in [0.1, 0.15) is 11.9 Å². The standard InChI is InChI=1S/C27H27NO3/c1-27-8-6-19-13-21-24(30)10-16(15-29)11-25(21)31-26(19)23(27)5-4-22(27)18-2-3-20-14-28-9-7-17(20)12-18/h2-3,6-9,12-14,16,22-23,26,29H,4-5,10-11,15H2,1H3/t16?,22-,23+,26-,27-/m1/s1. The number of Topliss-reactive ketones (excluding diaryl/α,β-unsaturated/α-hetero) is 1. The summed E-state index contributed by atoms with van der Waals surface area (Å²) < 4.78 is 6.55. The Morgan fingerprint density at radius 2 is 2.10 bits per heavy atom. The summed E-state index contributed by atoms with van der Waals surface area (Å²) in [6, 6.07) is 8.85. The van der Waals surface area contributed by atoms with Crippen LogP contribution < -0.4 is 0 Å². The van der Waals surface area contributed by atoms with Crippen LogP contribution in [0.4, 0.5) is 0 Å². The second kappa shape index (κ2) is 6.89. The predicted molar refractivity (Wildman–Crippen MR) is 119 cm³/mol. The van der Waals surface area contributed by atoms with Crippen molar-refractivity contribution in [2.45, 2.75) is 44.6 Å². The molecule has 4 aliphatic rings. The molecule has 31 heavy (non-hydrogen) atoms. The van der Waals surface area contributed by atoms with Gasteiger partial charge < -0.3 is 9.84 Å². The Morgan fingerprint density at radius 3 is 2.97 bits per heavy atom. The second-order valence-corrected chi connectivity index (χ2v) is 9.82. The number of pyridine rings is 1. The van der Waals surface area contributed by atoms with Crippen LogP contribution in [0.1, 0.15) is 44.1 Å². The van der Waals surface area contributed by atoms with Crippen molar-refractivity contribution in [3.05, 3.63) is 77.4 Å². The van der Waals surface area contributed by atoms with Crippen LogP contribution in [0.25, 0.3) is 10.8 Å². The molecule has 1 aromatic carbocycles. The number of carbonyl (C=O) groups excluding carboxylic acids is 1. The SMILES string of the molecule is C[C@]12C=CC3=CC4=C(CC(CO)CC4=O)O[C@H]3[C@@H]1CC[C@@H]2c1ccc2cnccc2c1. The van der Waals surface area contributed by atoms with Crippen LogP contribution in [0.3, 0.4) is 0 Å². The van der Waals surface area contributed by atoms with Crippen LogP contribution in [-0.4, -0.2) is 28.6 Å². The van der Waals surface area contributed by atoms with Gasteiger partial charge in [-0.3, -0.25) is 9.78 Å². The average molecular weight is 414 g/mol. The number of rotatable bonds is 2. The number of benzene rings is 1. The van der Waals surface area contributed by atoms with E-state index < -0.39 is 0 Å². The maximum Gasteiger partial charge on any atom is 0.166 e. The molecule has 0 radical (unpaired) electrons. The Labute approximate surface area is 182 Å². The molecule has 0 saturated heterocycles. The molecular weight excluding hydrogens is 386 g/mol. The van der Waals surface area contributed by atoms with Crippen molar-refractivity contribution < 1.29 is 14.6 Å². The van der Waals surface area contributed by atoms with Gasteiger partial charge in [-0.25, -0.2) is 0 Å². The molecule has 4 nitrogen and oxygen atoms in total. The monoisotopic (exact) mass is 413 g/mol. The predicted octanol–water partition coefficient (Wildman–Crippen LogP) is 4.86. The largest absolute Gasteiger partial charge is 0.489 e. The highest BCUT2D eigenvalue weighted by molar-refractivity contribution is 6.00. The van der Waals surface area contributed by atoms with Gasteiger partial charge in [0.15, 0.2) is 5.78 Å². The van der Waals surface area contributed by atoms with Crippen molar-refractivity contribution >= 4 is 16.6 Å². The summed E-state index contributed by atoms with van der Waals surface area (Å²) in [6.45, 7) is 2.41. The molecule has 1 aromatic heterocycles. The van der Waals surface area contributed by atoms with Gasteiger partial charge in [0.2, 0.25) is 0 Å². The molecule has 1 N–H and O–H groups in total. The summed E-state index contributed by atoms with van der Waals surface area (Å²) in [5.74, 6) is 1.69. The van der Waals surface area contributed by atoms with E-state index in [0.29, 0.717) is 24.7 Å². The number of aliphatic hydroxyl groups excluding tert-OH is 1. The summed E-state index contributed by atoms with van der Waals surface area (Å²) in [5.41, 5.74) is 3.24. The molecule has 6 rings (SSSR count). The van der Waals surface area contributed by atoms with Gasteiger partial charge in [0.05, 0.1) is 5.57 Å². The first-order valence-corrected chi connectivity index (χ1v) is 11.3.